The van der Waals surface area contributed by atoms with Gasteiger partial charge < -0.3 is 5.11 Å². The number of thiazole rings is 1. The summed E-state index contributed by atoms with van der Waals surface area (Å²) in [7, 11) is -3.64. The number of aromatic nitrogens is 1. The number of nitrogens with zero attached hydrogens (tertiary/aromatic N) is 1. The fourth-order valence-corrected chi connectivity index (χ4v) is 4.03. The number of hydrogen-bond acceptors (Lipinski definition) is 5. The molecule has 0 bridgehead atoms. The Kier molecular flexibility index (Phi) is 3.88. The van der Waals surface area contributed by atoms with E-state index in [9.17, 15) is 13.2 Å². The minimum Gasteiger partial charge on any atom is -0.476 e. The Balaban J connectivity index is 2.31. The molecule has 0 unspecified atom stereocenters. The average Bonchev–Trinajstić information content (AvgIpc) is 2.77. The molecule has 0 amide bonds. The van der Waals surface area contributed by atoms with Gasteiger partial charge in [-0.2, -0.15) is 0 Å². The maximum Gasteiger partial charge on any atom is 0.365 e. The van der Waals surface area contributed by atoms with E-state index in [1.165, 1.54) is 17.5 Å². The quantitative estimate of drug-likeness (QED) is 0.936. The second kappa shape index (κ2) is 5.28. The van der Waals surface area contributed by atoms with E-state index in [-0.39, 0.29) is 26.4 Å². The number of benzene rings is 1. The normalized spacial score (nSPS) is 11.4. The molecule has 1 heterocycles. The first kappa shape index (κ1) is 14.0. The van der Waals surface area contributed by atoms with Gasteiger partial charge >= 0.3 is 5.97 Å². The number of aromatic carboxylic acids is 1. The molecule has 100 valence electrons. The lowest BCUT2D eigenvalue weighted by Gasteiger charge is -2.04. The van der Waals surface area contributed by atoms with E-state index in [0.717, 1.165) is 11.3 Å². The Morgan fingerprint density at radius 1 is 1.37 bits per heavy atom. The molecule has 1 N–H and O–H groups in total. The van der Waals surface area contributed by atoms with Crippen molar-refractivity contribution in [3.05, 3.63) is 45.4 Å². The third-order valence-electron chi connectivity index (χ3n) is 2.24. The summed E-state index contributed by atoms with van der Waals surface area (Å²) in [5.41, 5.74) is 0.197. The Labute approximate surface area is 118 Å². The molecular weight excluding hydrogens is 310 g/mol. The Hall–Kier alpha value is -1.44. The molecule has 0 saturated carbocycles. The standard InChI is InChI=1S/C11H8ClNO4S2/c12-8-3-1-2-4-9(8)19(16,17)6-7-5-18-10(13-7)11(14)15/h1-5H,6H2,(H,14,15). The molecule has 19 heavy (non-hydrogen) atoms. The van der Waals surface area contributed by atoms with Crippen molar-refractivity contribution in [2.45, 2.75) is 10.6 Å². The van der Waals surface area contributed by atoms with Gasteiger partial charge in [0, 0.05) is 5.38 Å². The van der Waals surface area contributed by atoms with Crippen LogP contribution >= 0.6 is 22.9 Å². The van der Waals surface area contributed by atoms with Gasteiger partial charge in [0.05, 0.1) is 21.4 Å². The fraction of sp³-hybridized carbons (Fsp3) is 0.0909. The number of halogens is 1. The summed E-state index contributed by atoms with van der Waals surface area (Å²) in [5, 5.41) is 10.2. The number of hydrogen-bond donors (Lipinski definition) is 1. The number of carbonyl (C=O) groups is 1. The van der Waals surface area contributed by atoms with Crippen molar-refractivity contribution in [1.29, 1.82) is 0 Å². The maximum atomic E-state index is 12.1. The highest BCUT2D eigenvalue weighted by Crippen LogP contribution is 2.24. The van der Waals surface area contributed by atoms with E-state index in [0.29, 0.717) is 0 Å². The Morgan fingerprint density at radius 3 is 2.63 bits per heavy atom. The van der Waals surface area contributed by atoms with Crippen LogP contribution in [0, 0.1) is 0 Å². The molecule has 5 nitrogen and oxygen atoms in total. The molecule has 0 atom stereocenters. The summed E-state index contributed by atoms with van der Waals surface area (Å²) in [5.74, 6) is -1.55. The van der Waals surface area contributed by atoms with Gasteiger partial charge in [0.2, 0.25) is 5.01 Å². The van der Waals surface area contributed by atoms with Crippen molar-refractivity contribution in [1.82, 2.24) is 4.98 Å². The highest BCUT2D eigenvalue weighted by atomic mass is 35.5. The summed E-state index contributed by atoms with van der Waals surface area (Å²) in [6, 6.07) is 6.09. The van der Waals surface area contributed by atoms with Crippen molar-refractivity contribution in [2.24, 2.45) is 0 Å². The van der Waals surface area contributed by atoms with Crippen LogP contribution < -0.4 is 0 Å². The van der Waals surface area contributed by atoms with Gasteiger partial charge in [0.25, 0.3) is 0 Å². The second-order valence-electron chi connectivity index (χ2n) is 3.64. The minimum absolute atomic E-state index is 0.0153. The molecule has 0 aliphatic rings. The van der Waals surface area contributed by atoms with Crippen molar-refractivity contribution >= 4 is 38.7 Å². The molecular formula is C11H8ClNO4S2. The fourth-order valence-electron chi connectivity index (χ4n) is 1.44. The minimum atomic E-state index is -3.64. The van der Waals surface area contributed by atoms with E-state index < -0.39 is 15.8 Å². The molecule has 0 aliphatic heterocycles. The molecule has 0 aliphatic carbocycles. The van der Waals surface area contributed by atoms with Crippen LogP contribution in [0.4, 0.5) is 0 Å². The summed E-state index contributed by atoms with van der Waals surface area (Å²) in [4.78, 5) is 14.4. The summed E-state index contributed by atoms with van der Waals surface area (Å²) in [6.07, 6.45) is 0. The predicted octanol–water partition coefficient (Wildman–Crippen LogP) is 2.47. The zero-order valence-corrected chi connectivity index (χ0v) is 11.8. The Morgan fingerprint density at radius 2 is 2.05 bits per heavy atom. The summed E-state index contributed by atoms with van der Waals surface area (Å²) >= 11 is 6.73. The van der Waals surface area contributed by atoms with E-state index in [1.807, 2.05) is 0 Å². The van der Waals surface area contributed by atoms with Gasteiger partial charge in [-0.15, -0.1) is 11.3 Å². The van der Waals surface area contributed by atoms with Crippen LogP contribution in [0.2, 0.25) is 5.02 Å². The summed E-state index contributed by atoms with van der Waals surface area (Å²) < 4.78 is 24.3. The zero-order chi connectivity index (χ0) is 14.0. The van der Waals surface area contributed by atoms with Crippen molar-refractivity contribution < 1.29 is 18.3 Å². The number of rotatable bonds is 4. The van der Waals surface area contributed by atoms with Gasteiger partial charge in [-0.05, 0) is 12.1 Å². The molecule has 0 saturated heterocycles. The first-order valence-electron chi connectivity index (χ1n) is 5.05. The van der Waals surface area contributed by atoms with Crippen molar-refractivity contribution in [3.63, 3.8) is 0 Å². The van der Waals surface area contributed by atoms with Crippen LogP contribution in [-0.4, -0.2) is 24.5 Å². The highest BCUT2D eigenvalue weighted by molar-refractivity contribution is 7.90. The zero-order valence-electron chi connectivity index (χ0n) is 9.41. The maximum absolute atomic E-state index is 12.1. The molecule has 2 rings (SSSR count). The van der Waals surface area contributed by atoms with Crippen LogP contribution in [0.1, 0.15) is 15.5 Å². The average molecular weight is 318 g/mol. The SMILES string of the molecule is O=C(O)c1nc(CS(=O)(=O)c2ccccc2Cl)cs1. The smallest absolute Gasteiger partial charge is 0.365 e. The van der Waals surface area contributed by atoms with Crippen molar-refractivity contribution in [2.75, 3.05) is 0 Å². The van der Waals surface area contributed by atoms with E-state index in [2.05, 4.69) is 4.98 Å². The first-order valence-corrected chi connectivity index (χ1v) is 7.96. The largest absolute Gasteiger partial charge is 0.476 e. The molecule has 8 heteroatoms. The highest BCUT2D eigenvalue weighted by Gasteiger charge is 2.20. The van der Waals surface area contributed by atoms with Gasteiger partial charge in [-0.3, -0.25) is 0 Å². The first-order chi connectivity index (χ1) is 8.90. The lowest BCUT2D eigenvalue weighted by atomic mass is 10.4. The van der Waals surface area contributed by atoms with Gasteiger partial charge in [0.15, 0.2) is 9.84 Å². The van der Waals surface area contributed by atoms with E-state index in [1.54, 1.807) is 12.1 Å². The van der Waals surface area contributed by atoms with Gasteiger partial charge in [-0.25, -0.2) is 18.2 Å². The molecule has 0 radical (unpaired) electrons. The molecule has 2 aromatic rings. The third kappa shape index (κ3) is 3.12. The van der Waals surface area contributed by atoms with Crippen molar-refractivity contribution in [3.8, 4) is 0 Å². The molecule has 1 aromatic heterocycles. The number of sulfone groups is 1. The van der Waals surface area contributed by atoms with E-state index >= 15 is 0 Å². The topological polar surface area (TPSA) is 84.3 Å². The molecule has 1 aromatic carbocycles. The van der Waals surface area contributed by atoms with Crippen LogP contribution in [0.15, 0.2) is 34.5 Å². The Bertz CT molecular complexity index is 724. The van der Waals surface area contributed by atoms with E-state index in [4.69, 9.17) is 16.7 Å². The molecule has 0 fully saturated rings. The predicted molar refractivity (Wildman–Crippen MR) is 71.4 cm³/mol. The van der Waals surface area contributed by atoms with Gasteiger partial charge in [0.1, 0.15) is 0 Å². The molecule has 0 spiro atoms. The summed E-state index contributed by atoms with van der Waals surface area (Å²) in [6.45, 7) is 0. The number of carboxylic acids is 1. The van der Waals surface area contributed by atoms with Crippen LogP contribution in [0.5, 0.6) is 0 Å². The lowest BCUT2D eigenvalue weighted by Crippen LogP contribution is -2.06. The second-order valence-corrected chi connectivity index (χ2v) is 6.86. The monoisotopic (exact) mass is 317 g/mol. The van der Waals surface area contributed by atoms with Crippen LogP contribution in [0.25, 0.3) is 0 Å². The lowest BCUT2D eigenvalue weighted by molar-refractivity contribution is 0.0696. The third-order valence-corrected chi connectivity index (χ3v) is 5.27. The van der Waals surface area contributed by atoms with Crippen LogP contribution in [-0.2, 0) is 15.6 Å². The number of carboxylic acid groups (broad SMARTS) is 1. The van der Waals surface area contributed by atoms with Crippen LogP contribution in [0.3, 0.4) is 0 Å². The van der Waals surface area contributed by atoms with Gasteiger partial charge in [-0.1, -0.05) is 23.7 Å².